The maximum atomic E-state index is 13.6. The number of nitrogens with zero attached hydrogens (tertiary/aromatic N) is 3. The van der Waals surface area contributed by atoms with E-state index in [1.165, 1.54) is 0 Å². The summed E-state index contributed by atoms with van der Waals surface area (Å²) in [6.45, 7) is 2.66. The predicted octanol–water partition coefficient (Wildman–Crippen LogP) is 6.44. The van der Waals surface area contributed by atoms with Crippen LogP contribution in [0.1, 0.15) is 41.1 Å². The van der Waals surface area contributed by atoms with E-state index in [0.29, 0.717) is 13.0 Å². The van der Waals surface area contributed by atoms with E-state index in [4.69, 9.17) is 21.7 Å². The first-order valence-electron chi connectivity index (χ1n) is 14.8. The summed E-state index contributed by atoms with van der Waals surface area (Å²) in [5.74, 6) is -0.0171. The number of likely N-dealkylation sites (N-methyl/N-ethyl adjacent to an activating group) is 1. The fourth-order valence-electron chi connectivity index (χ4n) is 8.33. The van der Waals surface area contributed by atoms with Gasteiger partial charge in [-0.05, 0) is 24.6 Å². The molecule has 2 bridgehead atoms. The van der Waals surface area contributed by atoms with Crippen LogP contribution in [0.5, 0.6) is 0 Å². The van der Waals surface area contributed by atoms with Crippen LogP contribution < -0.4 is 5.32 Å². The van der Waals surface area contributed by atoms with Crippen molar-refractivity contribution < 1.29 is 14.3 Å². The van der Waals surface area contributed by atoms with E-state index in [1.807, 2.05) is 18.2 Å². The lowest BCUT2D eigenvalue weighted by Gasteiger charge is -2.51. The average Bonchev–Trinajstić information content (AvgIpc) is 3.68. The molecule has 2 aromatic heterocycles. The van der Waals surface area contributed by atoms with E-state index < -0.39 is 5.72 Å². The molecular formula is C35H30N4O3S. The number of amides is 1. The Kier molecular flexibility index (Phi) is 5.09. The summed E-state index contributed by atoms with van der Waals surface area (Å²) in [7, 11) is 3.85. The number of para-hydroxylation sites is 2. The van der Waals surface area contributed by atoms with Crippen LogP contribution in [-0.2, 0) is 21.7 Å². The van der Waals surface area contributed by atoms with Gasteiger partial charge in [-0.25, -0.2) is 0 Å². The molecule has 3 aliphatic heterocycles. The third-order valence-electron chi connectivity index (χ3n) is 10.0. The standard InChI is InChI=1S/C35H30N4O3S/c1-35-32(41-3)25(37(2)34(43)19-11-5-4-6-12-19)17-26(42-35)38-23-15-9-7-13-20(23)28-29-22(18-36-33(29)40)27-21-14-8-10-16-24(21)39(35)31(27)30(28)38/h4-16,25-26,32H,17-18H2,1-3H3,(H,36,40)/t25-,26-,32-,35+/m1/s1. The molecule has 214 valence electrons. The Labute approximate surface area is 253 Å². The van der Waals surface area contributed by atoms with Crippen LogP contribution in [0.15, 0.2) is 78.9 Å². The molecule has 1 saturated heterocycles. The Bertz CT molecular complexity index is 2180. The highest BCUT2D eigenvalue weighted by atomic mass is 32.1. The largest absolute Gasteiger partial charge is 0.374 e. The number of fused-ring (bicyclic) bond motifs is 13. The Morgan fingerprint density at radius 3 is 2.40 bits per heavy atom. The van der Waals surface area contributed by atoms with Gasteiger partial charge in [0.2, 0.25) is 0 Å². The average molecular weight is 587 g/mol. The second-order valence-electron chi connectivity index (χ2n) is 12.1. The summed E-state index contributed by atoms with van der Waals surface area (Å²) in [5.41, 5.74) is 6.19. The highest BCUT2D eigenvalue weighted by Gasteiger charge is 2.54. The number of carbonyl (C=O) groups is 1. The van der Waals surface area contributed by atoms with E-state index in [9.17, 15) is 4.79 Å². The molecule has 9 rings (SSSR count). The molecule has 1 amide bonds. The van der Waals surface area contributed by atoms with E-state index in [0.717, 1.165) is 65.3 Å². The SMILES string of the molecule is CO[C@@H]1[C@H](N(C)C(=S)c2ccccc2)C[C@H]2O[C@]1(C)n1c3ccccc3c3c4c(c5c6ccccc6n2c5c31)C(=O)NC4. The van der Waals surface area contributed by atoms with Crippen molar-refractivity contribution in [1.29, 1.82) is 0 Å². The van der Waals surface area contributed by atoms with E-state index >= 15 is 0 Å². The number of ether oxygens (including phenoxy) is 2. The minimum absolute atomic E-state index is 0.0171. The van der Waals surface area contributed by atoms with Gasteiger partial charge in [0, 0.05) is 54.2 Å². The first-order chi connectivity index (χ1) is 20.9. The second-order valence-corrected chi connectivity index (χ2v) is 12.5. The van der Waals surface area contributed by atoms with Gasteiger partial charge in [-0.1, -0.05) is 78.9 Å². The zero-order valence-corrected chi connectivity index (χ0v) is 24.9. The van der Waals surface area contributed by atoms with Gasteiger partial charge in [0.15, 0.2) is 5.72 Å². The quantitative estimate of drug-likeness (QED) is 0.242. The van der Waals surface area contributed by atoms with Gasteiger partial charge in [0.05, 0.1) is 33.7 Å². The number of hydrogen-bond donors (Lipinski definition) is 1. The monoisotopic (exact) mass is 586 g/mol. The maximum Gasteiger partial charge on any atom is 0.252 e. The van der Waals surface area contributed by atoms with Gasteiger partial charge in [0.25, 0.3) is 5.91 Å². The summed E-state index contributed by atoms with van der Waals surface area (Å²) >= 11 is 6.09. The van der Waals surface area contributed by atoms with Crippen LogP contribution in [0.25, 0.3) is 43.6 Å². The molecule has 7 nitrogen and oxygen atoms in total. The molecule has 1 N–H and O–H groups in total. The molecule has 0 radical (unpaired) electrons. The van der Waals surface area contributed by atoms with Crippen molar-refractivity contribution in [2.45, 2.75) is 44.0 Å². The molecule has 0 saturated carbocycles. The summed E-state index contributed by atoms with van der Waals surface area (Å²) in [4.78, 5) is 16.5. The smallest absolute Gasteiger partial charge is 0.252 e. The Hall–Kier alpha value is -4.24. The van der Waals surface area contributed by atoms with Gasteiger partial charge >= 0.3 is 0 Å². The number of rotatable bonds is 3. The van der Waals surface area contributed by atoms with Crippen LogP contribution in [0.3, 0.4) is 0 Å². The third kappa shape index (κ3) is 3.05. The normalized spacial score (nSPS) is 24.2. The van der Waals surface area contributed by atoms with Crippen molar-refractivity contribution >= 4 is 66.7 Å². The molecule has 0 spiro atoms. The van der Waals surface area contributed by atoms with Gasteiger partial charge in [-0.3, -0.25) is 4.79 Å². The molecule has 0 aliphatic carbocycles. The lowest BCUT2D eigenvalue weighted by atomic mass is 9.91. The lowest BCUT2D eigenvalue weighted by molar-refractivity contribution is -0.263. The molecule has 0 unspecified atom stereocenters. The molecule has 1 fully saturated rings. The maximum absolute atomic E-state index is 13.6. The van der Waals surface area contributed by atoms with E-state index in [1.54, 1.807) is 7.11 Å². The number of hydrogen-bond acceptors (Lipinski definition) is 4. The summed E-state index contributed by atoms with van der Waals surface area (Å²) in [5, 5.41) is 7.43. The molecular weight excluding hydrogens is 556 g/mol. The topological polar surface area (TPSA) is 60.7 Å². The first kappa shape index (κ1) is 25.3. The molecule has 4 aromatic carbocycles. The van der Waals surface area contributed by atoms with Gasteiger partial charge in [0.1, 0.15) is 17.3 Å². The minimum atomic E-state index is -0.887. The van der Waals surface area contributed by atoms with E-state index in [2.05, 4.69) is 94.0 Å². The summed E-state index contributed by atoms with van der Waals surface area (Å²) in [6, 6.07) is 26.9. The Balaban J connectivity index is 1.43. The van der Waals surface area contributed by atoms with Crippen molar-refractivity contribution in [3.63, 3.8) is 0 Å². The molecule has 4 atom stereocenters. The second kappa shape index (κ2) is 8.66. The number of aromatic nitrogens is 2. The number of benzene rings is 4. The van der Waals surface area contributed by atoms with Crippen LogP contribution in [0.4, 0.5) is 0 Å². The van der Waals surface area contributed by atoms with Crippen LogP contribution in [0, 0.1) is 0 Å². The zero-order valence-electron chi connectivity index (χ0n) is 24.1. The van der Waals surface area contributed by atoms with Crippen molar-refractivity contribution in [2.24, 2.45) is 0 Å². The molecule has 5 heterocycles. The minimum Gasteiger partial charge on any atom is -0.374 e. The first-order valence-corrected chi connectivity index (χ1v) is 15.2. The summed E-state index contributed by atoms with van der Waals surface area (Å²) in [6.07, 6.45) is -0.0265. The van der Waals surface area contributed by atoms with Crippen LogP contribution in [-0.4, -0.2) is 51.2 Å². The lowest BCUT2D eigenvalue weighted by Crippen LogP contribution is -2.61. The fourth-order valence-corrected chi connectivity index (χ4v) is 8.60. The van der Waals surface area contributed by atoms with Crippen molar-refractivity contribution in [3.8, 4) is 0 Å². The number of nitrogens with one attached hydrogen (secondary N) is 1. The number of methoxy groups -OCH3 is 1. The fraction of sp³-hybridized carbons (Fsp3) is 0.257. The van der Waals surface area contributed by atoms with Crippen molar-refractivity contribution in [1.82, 2.24) is 19.4 Å². The molecule has 6 aromatic rings. The number of thiocarbonyl (C=S) groups is 1. The molecule has 3 aliphatic rings. The Morgan fingerprint density at radius 2 is 1.65 bits per heavy atom. The molecule has 8 heteroatoms. The zero-order chi connectivity index (χ0) is 29.2. The van der Waals surface area contributed by atoms with Crippen LogP contribution >= 0.6 is 12.2 Å². The number of carbonyl (C=O) groups excluding carboxylic acids is 1. The van der Waals surface area contributed by atoms with Gasteiger partial charge in [-0.2, -0.15) is 0 Å². The van der Waals surface area contributed by atoms with Crippen LogP contribution in [0.2, 0.25) is 0 Å². The third-order valence-corrected chi connectivity index (χ3v) is 10.6. The highest BCUT2D eigenvalue weighted by molar-refractivity contribution is 7.80. The van der Waals surface area contributed by atoms with Gasteiger partial charge < -0.3 is 28.8 Å². The van der Waals surface area contributed by atoms with Crippen molar-refractivity contribution in [3.05, 3.63) is 95.6 Å². The Morgan fingerprint density at radius 1 is 0.977 bits per heavy atom. The summed E-state index contributed by atoms with van der Waals surface area (Å²) < 4.78 is 18.4. The molecule has 43 heavy (non-hydrogen) atoms. The van der Waals surface area contributed by atoms with Crippen molar-refractivity contribution in [2.75, 3.05) is 14.2 Å². The van der Waals surface area contributed by atoms with Gasteiger partial charge in [-0.15, -0.1) is 0 Å². The predicted molar refractivity (Wildman–Crippen MR) is 172 cm³/mol. The highest BCUT2D eigenvalue weighted by Crippen LogP contribution is 2.54. The van der Waals surface area contributed by atoms with E-state index in [-0.39, 0.29) is 24.3 Å².